The van der Waals surface area contributed by atoms with Gasteiger partial charge in [-0.25, -0.2) is 0 Å². The van der Waals surface area contributed by atoms with Gasteiger partial charge in [-0.3, -0.25) is 4.79 Å². The minimum Gasteiger partial charge on any atom is -0.349 e. The maximum Gasteiger partial charge on any atom is 0.220 e. The first-order chi connectivity index (χ1) is 5.33. The zero-order valence-electron chi connectivity index (χ0n) is 6.16. The Morgan fingerprint density at radius 3 is 3.09 bits per heavy atom. The molecule has 6 heteroatoms. The van der Waals surface area contributed by atoms with E-state index in [1.165, 1.54) is 0 Å². The van der Waals surface area contributed by atoms with E-state index in [-0.39, 0.29) is 5.91 Å². The fraction of sp³-hybridized carbons (Fsp3) is 0.600. The van der Waals surface area contributed by atoms with Gasteiger partial charge in [-0.1, -0.05) is 12.1 Å². The summed E-state index contributed by atoms with van der Waals surface area (Å²) in [6, 6.07) is 0. The summed E-state index contributed by atoms with van der Waals surface area (Å²) in [7, 11) is 0. The molecule has 0 radical (unpaired) electrons. The fourth-order valence-corrected chi connectivity index (χ4v) is 0.560. The number of hydrogen-bond donors (Lipinski definition) is 2. The van der Waals surface area contributed by atoms with Crippen molar-refractivity contribution in [1.29, 1.82) is 0 Å². The molecule has 1 heterocycles. The third-order valence-electron chi connectivity index (χ3n) is 1.15. The molecule has 0 unspecified atom stereocenters. The van der Waals surface area contributed by atoms with Gasteiger partial charge in [0.1, 0.15) is 0 Å². The number of rotatable bonds is 3. The number of amides is 1. The van der Waals surface area contributed by atoms with Crippen LogP contribution in [0.5, 0.6) is 0 Å². The van der Waals surface area contributed by atoms with Crippen molar-refractivity contribution in [2.24, 2.45) is 0 Å². The van der Waals surface area contributed by atoms with Crippen LogP contribution in [-0.2, 0) is 11.3 Å². The standard InChI is InChI=1S/C5H9N5O/c1-2-5(11)6-3-4-7-9-10-8-4/h2-3H2,1H3,(H,6,11)(H,7,8,9,10). The molecular formula is C5H9N5O. The van der Waals surface area contributed by atoms with Gasteiger partial charge in [0, 0.05) is 6.42 Å². The van der Waals surface area contributed by atoms with Crippen LogP contribution in [0, 0.1) is 0 Å². The molecule has 0 saturated heterocycles. The summed E-state index contributed by atoms with van der Waals surface area (Å²) < 4.78 is 0. The Labute approximate surface area is 63.4 Å². The van der Waals surface area contributed by atoms with Crippen LogP contribution in [0.15, 0.2) is 0 Å². The van der Waals surface area contributed by atoms with E-state index in [1.807, 2.05) is 0 Å². The van der Waals surface area contributed by atoms with E-state index in [1.54, 1.807) is 6.92 Å². The SMILES string of the molecule is CCC(=O)NCc1nn[nH]n1. The smallest absolute Gasteiger partial charge is 0.220 e. The molecule has 0 aliphatic heterocycles. The van der Waals surface area contributed by atoms with Crippen molar-refractivity contribution >= 4 is 5.91 Å². The van der Waals surface area contributed by atoms with Crippen LogP contribution >= 0.6 is 0 Å². The van der Waals surface area contributed by atoms with Gasteiger partial charge < -0.3 is 5.32 Å². The van der Waals surface area contributed by atoms with E-state index in [2.05, 4.69) is 25.9 Å². The van der Waals surface area contributed by atoms with E-state index < -0.39 is 0 Å². The molecule has 0 aliphatic rings. The Hall–Kier alpha value is -1.46. The number of carbonyl (C=O) groups excluding carboxylic acids is 1. The lowest BCUT2D eigenvalue weighted by Gasteiger charge is -1.96. The highest BCUT2D eigenvalue weighted by Gasteiger charge is 1.99. The van der Waals surface area contributed by atoms with Gasteiger partial charge in [0.15, 0.2) is 5.82 Å². The number of carbonyl (C=O) groups is 1. The van der Waals surface area contributed by atoms with Crippen molar-refractivity contribution in [2.75, 3.05) is 0 Å². The predicted molar refractivity (Wildman–Crippen MR) is 36.3 cm³/mol. The molecule has 60 valence electrons. The van der Waals surface area contributed by atoms with Gasteiger partial charge in [0.2, 0.25) is 5.91 Å². The van der Waals surface area contributed by atoms with E-state index in [0.717, 1.165) is 0 Å². The molecule has 0 fully saturated rings. The van der Waals surface area contributed by atoms with E-state index in [9.17, 15) is 4.79 Å². The Morgan fingerprint density at radius 1 is 1.73 bits per heavy atom. The van der Waals surface area contributed by atoms with Crippen LogP contribution in [0.1, 0.15) is 19.2 Å². The van der Waals surface area contributed by atoms with Crippen molar-refractivity contribution < 1.29 is 4.79 Å². The number of aromatic amines is 1. The van der Waals surface area contributed by atoms with Crippen LogP contribution in [0.25, 0.3) is 0 Å². The fourth-order valence-electron chi connectivity index (χ4n) is 0.560. The minimum atomic E-state index is -0.0187. The summed E-state index contributed by atoms with van der Waals surface area (Å²) in [4.78, 5) is 10.7. The molecule has 1 aromatic heterocycles. The average Bonchev–Trinajstić information content (AvgIpc) is 2.52. The molecule has 0 aliphatic carbocycles. The Bertz CT molecular complexity index is 219. The number of hydrogen-bond acceptors (Lipinski definition) is 4. The second-order valence-corrected chi connectivity index (χ2v) is 1.96. The maximum absolute atomic E-state index is 10.7. The molecule has 0 saturated carbocycles. The number of nitrogens with zero attached hydrogens (tertiary/aromatic N) is 3. The van der Waals surface area contributed by atoms with Crippen molar-refractivity contribution in [3.63, 3.8) is 0 Å². The van der Waals surface area contributed by atoms with Crippen molar-refractivity contribution in [3.8, 4) is 0 Å². The number of H-pyrrole nitrogens is 1. The van der Waals surface area contributed by atoms with Gasteiger partial charge in [-0.05, 0) is 0 Å². The lowest BCUT2D eigenvalue weighted by Crippen LogP contribution is -2.22. The molecule has 1 aromatic rings. The van der Waals surface area contributed by atoms with E-state index >= 15 is 0 Å². The molecule has 0 aromatic carbocycles. The third kappa shape index (κ3) is 2.32. The summed E-state index contributed by atoms with van der Waals surface area (Å²) in [6.45, 7) is 2.12. The highest BCUT2D eigenvalue weighted by atomic mass is 16.1. The topological polar surface area (TPSA) is 83.6 Å². The van der Waals surface area contributed by atoms with Crippen LogP contribution < -0.4 is 5.32 Å². The largest absolute Gasteiger partial charge is 0.349 e. The summed E-state index contributed by atoms with van der Waals surface area (Å²) in [6.07, 6.45) is 0.470. The van der Waals surface area contributed by atoms with Crippen LogP contribution in [-0.4, -0.2) is 26.5 Å². The predicted octanol–water partition coefficient (Wildman–Crippen LogP) is -0.774. The van der Waals surface area contributed by atoms with Crippen LogP contribution in [0.2, 0.25) is 0 Å². The van der Waals surface area contributed by atoms with E-state index in [0.29, 0.717) is 18.8 Å². The van der Waals surface area contributed by atoms with Crippen LogP contribution in [0.3, 0.4) is 0 Å². The highest BCUT2D eigenvalue weighted by molar-refractivity contribution is 5.75. The first-order valence-corrected chi connectivity index (χ1v) is 3.32. The third-order valence-corrected chi connectivity index (χ3v) is 1.15. The lowest BCUT2D eigenvalue weighted by molar-refractivity contribution is -0.120. The summed E-state index contributed by atoms with van der Waals surface area (Å²) in [5.41, 5.74) is 0. The van der Waals surface area contributed by atoms with Crippen LogP contribution in [0.4, 0.5) is 0 Å². The van der Waals surface area contributed by atoms with Gasteiger partial charge in [0.25, 0.3) is 0 Å². The van der Waals surface area contributed by atoms with Gasteiger partial charge in [-0.2, -0.15) is 5.21 Å². The first-order valence-electron chi connectivity index (χ1n) is 3.32. The quantitative estimate of drug-likeness (QED) is 0.600. The minimum absolute atomic E-state index is 0.0187. The Kier molecular flexibility index (Phi) is 2.53. The lowest BCUT2D eigenvalue weighted by atomic mass is 10.4. The molecule has 1 rings (SSSR count). The summed E-state index contributed by atoms with van der Waals surface area (Å²) in [5, 5.41) is 15.6. The number of nitrogens with one attached hydrogen (secondary N) is 2. The first kappa shape index (κ1) is 7.64. The zero-order chi connectivity index (χ0) is 8.10. The molecule has 6 nitrogen and oxygen atoms in total. The van der Waals surface area contributed by atoms with E-state index in [4.69, 9.17) is 0 Å². The molecule has 2 N–H and O–H groups in total. The molecule has 0 atom stereocenters. The van der Waals surface area contributed by atoms with Gasteiger partial charge in [0.05, 0.1) is 6.54 Å². The normalized spacial score (nSPS) is 9.55. The van der Waals surface area contributed by atoms with Gasteiger partial charge >= 0.3 is 0 Å². The highest BCUT2D eigenvalue weighted by Crippen LogP contribution is 1.82. The Morgan fingerprint density at radius 2 is 2.55 bits per heavy atom. The van der Waals surface area contributed by atoms with Crippen molar-refractivity contribution in [1.82, 2.24) is 25.9 Å². The van der Waals surface area contributed by atoms with Crippen molar-refractivity contribution in [3.05, 3.63) is 5.82 Å². The molecule has 11 heavy (non-hydrogen) atoms. The van der Waals surface area contributed by atoms with Crippen molar-refractivity contribution in [2.45, 2.75) is 19.9 Å². The average molecular weight is 155 g/mol. The molecular weight excluding hydrogens is 146 g/mol. The second-order valence-electron chi connectivity index (χ2n) is 1.96. The summed E-state index contributed by atoms with van der Waals surface area (Å²) in [5.74, 6) is 0.474. The Balaban J connectivity index is 2.29. The maximum atomic E-state index is 10.7. The monoisotopic (exact) mass is 155 g/mol. The molecule has 1 amide bonds. The number of aromatic nitrogens is 4. The molecule has 0 spiro atoms. The number of tetrazole rings is 1. The zero-order valence-corrected chi connectivity index (χ0v) is 6.16. The van der Waals surface area contributed by atoms with Gasteiger partial charge in [-0.15, -0.1) is 10.2 Å². The molecule has 0 bridgehead atoms. The second kappa shape index (κ2) is 3.65. The summed E-state index contributed by atoms with van der Waals surface area (Å²) >= 11 is 0.